The summed E-state index contributed by atoms with van der Waals surface area (Å²) in [6, 6.07) is 25.7. The summed E-state index contributed by atoms with van der Waals surface area (Å²) in [6.45, 7) is 1.56. The van der Waals surface area contributed by atoms with Crippen molar-refractivity contribution in [2.24, 2.45) is 0 Å². The van der Waals surface area contributed by atoms with E-state index in [2.05, 4.69) is 11.4 Å². The Kier molecular flexibility index (Phi) is 7.40. The maximum atomic E-state index is 13.5. The molecule has 4 aromatic carbocycles. The van der Waals surface area contributed by atoms with Gasteiger partial charge in [0, 0.05) is 16.3 Å². The molecule has 0 aliphatic carbocycles. The van der Waals surface area contributed by atoms with Gasteiger partial charge < -0.3 is 5.32 Å². The molecule has 1 N–H and O–H groups in total. The van der Waals surface area contributed by atoms with Crippen LogP contribution in [0.3, 0.4) is 0 Å². The maximum absolute atomic E-state index is 13.5. The number of anilines is 2. The van der Waals surface area contributed by atoms with Crippen LogP contribution in [0.5, 0.6) is 0 Å². The van der Waals surface area contributed by atoms with Gasteiger partial charge in [-0.25, -0.2) is 13.4 Å². The Bertz CT molecular complexity index is 1740. The predicted molar refractivity (Wildman–Crippen MR) is 156 cm³/mol. The number of aryl methyl sites for hydroxylation is 1. The van der Waals surface area contributed by atoms with Crippen LogP contribution in [0.4, 0.5) is 11.4 Å². The predicted octanol–water partition coefficient (Wildman–Crippen LogP) is 7.41. The number of carbonyl (C=O) groups is 1. The molecule has 0 atom stereocenters. The number of rotatable bonds is 7. The third-order valence-corrected chi connectivity index (χ3v) is 9.14. The van der Waals surface area contributed by atoms with Crippen LogP contribution in [0.25, 0.3) is 20.8 Å². The second kappa shape index (κ2) is 10.7. The number of hydrogen-bond acceptors (Lipinski definition) is 5. The van der Waals surface area contributed by atoms with Crippen LogP contribution in [-0.4, -0.2) is 25.9 Å². The van der Waals surface area contributed by atoms with E-state index < -0.39 is 22.5 Å². The summed E-state index contributed by atoms with van der Waals surface area (Å²) in [7, 11) is -4.10. The summed E-state index contributed by atoms with van der Waals surface area (Å²) in [6.07, 6.45) is 0. The van der Waals surface area contributed by atoms with Gasteiger partial charge in [0.25, 0.3) is 10.0 Å². The van der Waals surface area contributed by atoms with Gasteiger partial charge in [-0.2, -0.15) is 0 Å². The van der Waals surface area contributed by atoms with E-state index in [1.165, 1.54) is 35.9 Å². The molecular formula is C28H21Cl2N3O3S2. The number of nitrogens with one attached hydrogen (secondary N) is 1. The van der Waals surface area contributed by atoms with E-state index >= 15 is 0 Å². The Morgan fingerprint density at radius 1 is 0.947 bits per heavy atom. The third kappa shape index (κ3) is 5.54. The number of aromatic nitrogens is 1. The van der Waals surface area contributed by atoms with Crippen LogP contribution >= 0.6 is 34.5 Å². The standard InChI is InChI=1S/C28H21Cl2N3O3S2/c1-18-7-13-24-26(15-18)37-28(32-24)19-8-11-21(12-9-19)31-27(34)17-33(25-14-10-20(29)16-23(25)30)38(35,36)22-5-3-2-4-6-22/h2-16H,17H2,1H3,(H,31,34). The van der Waals surface area contributed by atoms with E-state index in [0.29, 0.717) is 10.7 Å². The zero-order chi connectivity index (χ0) is 26.9. The summed E-state index contributed by atoms with van der Waals surface area (Å²) >= 11 is 14.0. The van der Waals surface area contributed by atoms with Gasteiger partial charge in [-0.1, -0.05) is 47.5 Å². The summed E-state index contributed by atoms with van der Waals surface area (Å²) in [4.78, 5) is 17.8. The van der Waals surface area contributed by atoms with E-state index in [4.69, 9.17) is 28.2 Å². The molecule has 10 heteroatoms. The zero-order valence-corrected chi connectivity index (χ0v) is 23.2. The Balaban J connectivity index is 1.38. The number of amides is 1. The molecule has 5 rings (SSSR count). The highest BCUT2D eigenvalue weighted by molar-refractivity contribution is 7.92. The maximum Gasteiger partial charge on any atom is 0.264 e. The van der Waals surface area contributed by atoms with Crippen LogP contribution in [0.15, 0.2) is 95.9 Å². The Morgan fingerprint density at radius 3 is 2.39 bits per heavy atom. The minimum absolute atomic E-state index is 0.0363. The molecule has 5 aromatic rings. The van der Waals surface area contributed by atoms with Crippen LogP contribution in [0.1, 0.15) is 5.56 Å². The summed E-state index contributed by atoms with van der Waals surface area (Å²) in [5.41, 5.74) is 3.71. The van der Waals surface area contributed by atoms with Crippen molar-refractivity contribution in [3.8, 4) is 10.6 Å². The number of halogens is 2. The molecular weight excluding hydrogens is 561 g/mol. The fourth-order valence-electron chi connectivity index (χ4n) is 3.89. The van der Waals surface area contributed by atoms with E-state index in [-0.39, 0.29) is 15.6 Å². The smallest absolute Gasteiger partial charge is 0.264 e. The van der Waals surface area contributed by atoms with Gasteiger partial charge in [0.1, 0.15) is 11.6 Å². The van der Waals surface area contributed by atoms with Crippen LogP contribution in [-0.2, 0) is 14.8 Å². The number of sulfonamides is 1. The number of nitrogens with zero attached hydrogens (tertiary/aromatic N) is 2. The van der Waals surface area contributed by atoms with Gasteiger partial charge in [-0.05, 0) is 79.2 Å². The van der Waals surface area contributed by atoms with Crippen molar-refractivity contribution in [1.82, 2.24) is 4.98 Å². The molecule has 38 heavy (non-hydrogen) atoms. The Hall–Kier alpha value is -3.43. The monoisotopic (exact) mass is 581 g/mol. The van der Waals surface area contributed by atoms with Crippen molar-refractivity contribution in [2.45, 2.75) is 11.8 Å². The lowest BCUT2D eigenvalue weighted by molar-refractivity contribution is -0.114. The lowest BCUT2D eigenvalue weighted by Crippen LogP contribution is -2.38. The van der Waals surface area contributed by atoms with Gasteiger partial charge in [-0.15, -0.1) is 11.3 Å². The molecule has 0 bridgehead atoms. The first-order chi connectivity index (χ1) is 18.2. The number of thiazole rings is 1. The fraction of sp³-hybridized carbons (Fsp3) is 0.0714. The summed E-state index contributed by atoms with van der Waals surface area (Å²) in [5.74, 6) is -0.529. The van der Waals surface area contributed by atoms with Crippen LogP contribution in [0, 0.1) is 6.92 Å². The molecule has 0 aliphatic rings. The first-order valence-electron chi connectivity index (χ1n) is 11.5. The number of benzene rings is 4. The first kappa shape index (κ1) is 26.2. The molecule has 0 saturated heterocycles. The molecule has 0 aliphatic heterocycles. The fourth-order valence-corrected chi connectivity index (χ4v) is 6.98. The van der Waals surface area contributed by atoms with Crippen LogP contribution < -0.4 is 9.62 Å². The minimum Gasteiger partial charge on any atom is -0.325 e. The number of hydrogen-bond donors (Lipinski definition) is 1. The van der Waals surface area contributed by atoms with Crippen molar-refractivity contribution in [3.05, 3.63) is 107 Å². The van der Waals surface area contributed by atoms with Crippen LogP contribution in [0.2, 0.25) is 10.0 Å². The van der Waals surface area contributed by atoms with Gasteiger partial charge in [0.2, 0.25) is 5.91 Å². The largest absolute Gasteiger partial charge is 0.325 e. The second-order valence-electron chi connectivity index (χ2n) is 8.54. The summed E-state index contributed by atoms with van der Waals surface area (Å²) in [5, 5.41) is 4.12. The van der Waals surface area contributed by atoms with Gasteiger partial charge in [0.05, 0.1) is 25.8 Å². The lowest BCUT2D eigenvalue weighted by Gasteiger charge is -2.25. The molecule has 0 saturated carbocycles. The molecule has 0 radical (unpaired) electrons. The number of carbonyl (C=O) groups excluding carboxylic acids is 1. The van der Waals surface area contributed by atoms with E-state index in [0.717, 1.165) is 25.1 Å². The van der Waals surface area contributed by atoms with Crippen molar-refractivity contribution in [3.63, 3.8) is 0 Å². The average molecular weight is 583 g/mol. The molecule has 192 valence electrons. The Morgan fingerprint density at radius 2 is 1.68 bits per heavy atom. The molecule has 0 spiro atoms. The first-order valence-corrected chi connectivity index (χ1v) is 14.5. The molecule has 1 amide bonds. The zero-order valence-electron chi connectivity index (χ0n) is 20.1. The topological polar surface area (TPSA) is 79.4 Å². The average Bonchev–Trinajstić information content (AvgIpc) is 3.32. The van der Waals surface area contributed by atoms with Crippen molar-refractivity contribution < 1.29 is 13.2 Å². The van der Waals surface area contributed by atoms with Gasteiger partial charge >= 0.3 is 0 Å². The molecule has 1 heterocycles. The lowest BCUT2D eigenvalue weighted by atomic mass is 10.2. The molecule has 0 fully saturated rings. The highest BCUT2D eigenvalue weighted by Crippen LogP contribution is 2.33. The molecule has 1 aromatic heterocycles. The second-order valence-corrected chi connectivity index (χ2v) is 12.3. The Labute approximate surface area is 234 Å². The SMILES string of the molecule is Cc1ccc2nc(-c3ccc(NC(=O)CN(c4ccc(Cl)cc4Cl)S(=O)(=O)c4ccccc4)cc3)sc2c1. The number of fused-ring (bicyclic) bond motifs is 1. The summed E-state index contributed by atoms with van der Waals surface area (Å²) < 4.78 is 29.1. The highest BCUT2D eigenvalue weighted by Gasteiger charge is 2.28. The van der Waals surface area contributed by atoms with Crippen molar-refractivity contribution >= 4 is 72.1 Å². The van der Waals surface area contributed by atoms with E-state index in [9.17, 15) is 13.2 Å². The van der Waals surface area contributed by atoms with Gasteiger partial charge in [0.15, 0.2) is 0 Å². The van der Waals surface area contributed by atoms with E-state index in [1.54, 1.807) is 41.7 Å². The van der Waals surface area contributed by atoms with Crippen molar-refractivity contribution in [1.29, 1.82) is 0 Å². The van der Waals surface area contributed by atoms with E-state index in [1.807, 2.05) is 31.2 Å². The van der Waals surface area contributed by atoms with Crippen molar-refractivity contribution in [2.75, 3.05) is 16.2 Å². The minimum atomic E-state index is -4.10. The molecule has 6 nitrogen and oxygen atoms in total. The third-order valence-electron chi connectivity index (χ3n) is 5.76. The van der Waals surface area contributed by atoms with Gasteiger partial charge in [-0.3, -0.25) is 9.10 Å². The highest BCUT2D eigenvalue weighted by atomic mass is 35.5. The normalized spacial score (nSPS) is 11.4. The quantitative estimate of drug-likeness (QED) is 0.217. The molecule has 0 unspecified atom stereocenters.